The smallest absolute Gasteiger partial charge is 0.339 e. The van der Waals surface area contributed by atoms with Crippen LogP contribution in [0.5, 0.6) is 11.5 Å². The molecule has 2 heterocycles. The Bertz CT molecular complexity index is 1830. The van der Waals surface area contributed by atoms with Crippen molar-refractivity contribution in [3.05, 3.63) is 97.3 Å². The Morgan fingerprint density at radius 2 is 1.80 bits per heavy atom. The number of aromatic nitrogens is 2. The Hall–Kier alpha value is -4.29. The third-order valence-electron chi connectivity index (χ3n) is 5.17. The summed E-state index contributed by atoms with van der Waals surface area (Å²) < 4.78 is 37.8. The van der Waals surface area contributed by atoms with Crippen LogP contribution in [0.4, 0.5) is 5.69 Å². The van der Waals surface area contributed by atoms with Gasteiger partial charge in [0.1, 0.15) is 4.90 Å². The standard InChI is InChI=1S/C23H15N3O7S2/c1-32-20-12-14(13-21-22(27)25-18-5-3-2-4-17(18)24-23(25)34-21)6-11-19(20)33-35(30,31)16-9-7-15(8-10-16)26(28)29/h2-13H,1H3/b21-13+. The van der Waals surface area contributed by atoms with Gasteiger partial charge in [-0.2, -0.15) is 8.42 Å². The van der Waals surface area contributed by atoms with E-state index >= 15 is 0 Å². The first-order chi connectivity index (χ1) is 16.8. The maximum absolute atomic E-state index is 13.0. The number of rotatable bonds is 6. The zero-order valence-corrected chi connectivity index (χ0v) is 19.6. The second kappa shape index (κ2) is 8.49. The lowest BCUT2D eigenvalue weighted by atomic mass is 10.2. The van der Waals surface area contributed by atoms with E-state index in [0.717, 1.165) is 35.3 Å². The first-order valence-corrected chi connectivity index (χ1v) is 12.3. The van der Waals surface area contributed by atoms with Crippen LogP contribution in [0.3, 0.4) is 0 Å². The van der Waals surface area contributed by atoms with Crippen LogP contribution in [-0.2, 0) is 10.1 Å². The average molecular weight is 510 g/mol. The topological polar surface area (TPSA) is 130 Å². The molecule has 0 unspecified atom stereocenters. The minimum absolute atomic E-state index is 0.0719. The van der Waals surface area contributed by atoms with Gasteiger partial charge in [0.15, 0.2) is 16.5 Å². The van der Waals surface area contributed by atoms with Crippen molar-refractivity contribution < 1.29 is 22.3 Å². The summed E-state index contributed by atoms with van der Waals surface area (Å²) in [6, 6.07) is 16.2. The van der Waals surface area contributed by atoms with E-state index in [1.807, 2.05) is 24.3 Å². The highest BCUT2D eigenvalue weighted by molar-refractivity contribution is 7.87. The monoisotopic (exact) mass is 509 g/mol. The molecule has 35 heavy (non-hydrogen) atoms. The van der Waals surface area contributed by atoms with Crippen LogP contribution >= 0.6 is 11.3 Å². The maximum atomic E-state index is 13.0. The predicted molar refractivity (Wildman–Crippen MR) is 130 cm³/mol. The number of hydrogen-bond donors (Lipinski definition) is 0. The lowest BCUT2D eigenvalue weighted by Gasteiger charge is -2.11. The Balaban J connectivity index is 1.49. The molecule has 5 aromatic rings. The van der Waals surface area contributed by atoms with Crippen LogP contribution in [0, 0.1) is 10.1 Å². The van der Waals surface area contributed by atoms with Crippen molar-refractivity contribution in [1.29, 1.82) is 0 Å². The molecular weight excluding hydrogens is 494 g/mol. The van der Waals surface area contributed by atoms with Crippen molar-refractivity contribution in [2.75, 3.05) is 7.11 Å². The van der Waals surface area contributed by atoms with E-state index < -0.39 is 15.0 Å². The molecule has 10 nitrogen and oxygen atoms in total. The van der Waals surface area contributed by atoms with Crippen LogP contribution in [0.1, 0.15) is 5.56 Å². The van der Waals surface area contributed by atoms with Gasteiger partial charge in [-0.05, 0) is 48.0 Å². The van der Waals surface area contributed by atoms with E-state index in [0.29, 0.717) is 15.1 Å². The third kappa shape index (κ3) is 4.09. The number of fused-ring (bicyclic) bond motifs is 3. The normalized spacial score (nSPS) is 12.3. The number of thiazole rings is 1. The molecular formula is C23H15N3O7S2. The van der Waals surface area contributed by atoms with Crippen LogP contribution < -0.4 is 19.0 Å². The molecule has 0 amide bonds. The first kappa shape index (κ1) is 22.5. The van der Waals surface area contributed by atoms with Gasteiger partial charge in [-0.1, -0.05) is 29.5 Å². The second-order valence-corrected chi connectivity index (χ2v) is 9.89. The lowest BCUT2D eigenvalue weighted by molar-refractivity contribution is -0.384. The van der Waals surface area contributed by atoms with E-state index in [1.54, 1.807) is 22.6 Å². The summed E-state index contributed by atoms with van der Waals surface area (Å²) in [6.07, 6.45) is 1.66. The molecule has 0 saturated carbocycles. The number of non-ortho nitro benzene ring substituents is 1. The molecule has 2 aromatic heterocycles. The van der Waals surface area contributed by atoms with Crippen LogP contribution in [-0.4, -0.2) is 29.8 Å². The number of hydrogen-bond acceptors (Lipinski definition) is 9. The van der Waals surface area contributed by atoms with Gasteiger partial charge in [0.25, 0.3) is 11.2 Å². The van der Waals surface area contributed by atoms with E-state index in [4.69, 9.17) is 8.92 Å². The van der Waals surface area contributed by atoms with E-state index in [1.165, 1.54) is 24.5 Å². The molecule has 0 aliphatic carbocycles. The lowest BCUT2D eigenvalue weighted by Crippen LogP contribution is -2.22. The van der Waals surface area contributed by atoms with Gasteiger partial charge in [0, 0.05) is 12.1 Å². The second-order valence-electron chi connectivity index (χ2n) is 7.33. The fourth-order valence-corrected chi connectivity index (χ4v) is 5.43. The SMILES string of the molecule is COc1cc(/C=c2/sc3nc4ccccc4n3c2=O)ccc1OS(=O)(=O)c1ccc([N+](=O)[O-])cc1. The molecule has 176 valence electrons. The number of benzene rings is 3. The minimum Gasteiger partial charge on any atom is -0.493 e. The van der Waals surface area contributed by atoms with Crippen LogP contribution in [0.15, 0.2) is 76.4 Å². The molecule has 5 rings (SSSR count). The molecule has 0 aliphatic heterocycles. The molecule has 0 bridgehead atoms. The van der Waals surface area contributed by atoms with Crippen molar-refractivity contribution in [3.63, 3.8) is 0 Å². The fourth-order valence-electron chi connectivity index (χ4n) is 3.51. The van der Waals surface area contributed by atoms with Gasteiger partial charge in [0.2, 0.25) is 0 Å². The van der Waals surface area contributed by atoms with Gasteiger partial charge >= 0.3 is 10.1 Å². The summed E-state index contributed by atoms with van der Waals surface area (Å²) in [5.41, 5.74) is 1.60. The minimum atomic E-state index is -4.27. The molecule has 0 radical (unpaired) electrons. The van der Waals surface area contributed by atoms with Gasteiger partial charge < -0.3 is 8.92 Å². The van der Waals surface area contributed by atoms with E-state index in [9.17, 15) is 23.3 Å². The number of nitro groups is 1. The summed E-state index contributed by atoms with van der Waals surface area (Å²) in [4.78, 5) is 27.9. The number of methoxy groups -OCH3 is 1. The number of nitro benzene ring substituents is 1. The van der Waals surface area contributed by atoms with Gasteiger partial charge in [-0.25, -0.2) is 9.38 Å². The van der Waals surface area contributed by atoms with Crippen LogP contribution in [0.2, 0.25) is 0 Å². The van der Waals surface area contributed by atoms with Crippen molar-refractivity contribution in [3.8, 4) is 11.5 Å². The van der Waals surface area contributed by atoms with E-state index in [-0.39, 0.29) is 27.6 Å². The van der Waals surface area contributed by atoms with Gasteiger partial charge in [-0.3, -0.25) is 14.9 Å². The Morgan fingerprint density at radius 3 is 2.51 bits per heavy atom. The highest BCUT2D eigenvalue weighted by Crippen LogP contribution is 2.31. The molecule has 0 saturated heterocycles. The first-order valence-electron chi connectivity index (χ1n) is 10.1. The molecule has 12 heteroatoms. The van der Waals surface area contributed by atoms with E-state index in [2.05, 4.69) is 4.98 Å². The number of ether oxygens (including phenoxy) is 1. The van der Waals surface area contributed by atoms with Gasteiger partial charge in [-0.15, -0.1) is 0 Å². The number of para-hydroxylation sites is 2. The molecule has 3 aromatic carbocycles. The molecule has 0 N–H and O–H groups in total. The summed E-state index contributed by atoms with van der Waals surface area (Å²) in [5, 5.41) is 10.8. The molecule has 0 atom stereocenters. The average Bonchev–Trinajstić information content (AvgIpc) is 3.35. The quantitative estimate of drug-likeness (QED) is 0.194. The predicted octanol–water partition coefficient (Wildman–Crippen LogP) is 3.14. The molecule has 0 fully saturated rings. The third-order valence-corrected chi connectivity index (χ3v) is 7.38. The summed E-state index contributed by atoms with van der Waals surface area (Å²) in [7, 11) is -2.91. The highest BCUT2D eigenvalue weighted by atomic mass is 32.2. The largest absolute Gasteiger partial charge is 0.493 e. The van der Waals surface area contributed by atoms with Crippen molar-refractivity contribution in [2.24, 2.45) is 0 Å². The zero-order valence-electron chi connectivity index (χ0n) is 17.9. The Labute approximate surface area is 201 Å². The number of imidazole rings is 1. The summed E-state index contributed by atoms with van der Waals surface area (Å²) in [5.74, 6) is 0.0563. The van der Waals surface area contributed by atoms with Crippen molar-refractivity contribution >= 4 is 49.2 Å². The van der Waals surface area contributed by atoms with Gasteiger partial charge in [0.05, 0.1) is 27.6 Å². The fraction of sp³-hybridized carbons (Fsp3) is 0.0435. The van der Waals surface area contributed by atoms with Crippen LogP contribution in [0.25, 0.3) is 22.1 Å². The highest BCUT2D eigenvalue weighted by Gasteiger charge is 2.20. The maximum Gasteiger partial charge on any atom is 0.339 e. The number of nitrogens with zero attached hydrogens (tertiary/aromatic N) is 3. The molecule has 0 spiro atoms. The van der Waals surface area contributed by atoms with Crippen molar-refractivity contribution in [1.82, 2.24) is 9.38 Å². The van der Waals surface area contributed by atoms with Crippen molar-refractivity contribution in [2.45, 2.75) is 4.90 Å². The Morgan fingerprint density at radius 1 is 1.06 bits per heavy atom. The molecule has 0 aliphatic rings. The zero-order chi connectivity index (χ0) is 24.7. The summed E-state index contributed by atoms with van der Waals surface area (Å²) >= 11 is 1.24. The Kier molecular flexibility index (Phi) is 5.46. The summed E-state index contributed by atoms with van der Waals surface area (Å²) in [6.45, 7) is 0.